The van der Waals surface area contributed by atoms with E-state index in [2.05, 4.69) is 16.0 Å². The minimum Gasteiger partial charge on any atom is -0.338 e. The Labute approximate surface area is 136 Å². The highest BCUT2D eigenvalue weighted by molar-refractivity contribution is 5.95. The van der Waals surface area contributed by atoms with Gasteiger partial charge in [-0.3, -0.25) is 4.79 Å². The van der Waals surface area contributed by atoms with Crippen LogP contribution in [0.5, 0.6) is 0 Å². The summed E-state index contributed by atoms with van der Waals surface area (Å²) in [4.78, 5) is 26.2. The molecule has 0 saturated carbocycles. The second-order valence-electron chi connectivity index (χ2n) is 6.72. The minimum atomic E-state index is -0.237. The first-order valence-electron chi connectivity index (χ1n) is 8.20. The molecule has 3 amide bonds. The van der Waals surface area contributed by atoms with Gasteiger partial charge in [0.1, 0.15) is 0 Å². The van der Waals surface area contributed by atoms with Crippen LogP contribution in [0.15, 0.2) is 24.3 Å². The number of nitrogens with one attached hydrogen (secondary N) is 3. The fourth-order valence-corrected chi connectivity index (χ4v) is 3.33. The molecule has 23 heavy (non-hydrogen) atoms. The summed E-state index contributed by atoms with van der Waals surface area (Å²) in [6.07, 6.45) is 0. The molecule has 2 heterocycles. The second-order valence-corrected chi connectivity index (χ2v) is 6.72. The maximum absolute atomic E-state index is 12.6. The van der Waals surface area contributed by atoms with E-state index in [9.17, 15) is 9.59 Å². The molecule has 2 saturated heterocycles. The maximum Gasteiger partial charge on any atom is 0.319 e. The molecule has 6 heteroatoms. The zero-order valence-corrected chi connectivity index (χ0v) is 13.6. The van der Waals surface area contributed by atoms with Gasteiger partial charge >= 0.3 is 6.03 Å². The van der Waals surface area contributed by atoms with Crippen LogP contribution in [0.3, 0.4) is 0 Å². The summed E-state index contributed by atoms with van der Waals surface area (Å²) < 4.78 is 0. The quantitative estimate of drug-likeness (QED) is 0.791. The molecule has 3 rings (SSSR count). The predicted octanol–water partition coefficient (Wildman–Crippen LogP) is 1.51. The van der Waals surface area contributed by atoms with Crippen LogP contribution >= 0.6 is 0 Å². The number of hydrogen-bond acceptors (Lipinski definition) is 3. The summed E-state index contributed by atoms with van der Waals surface area (Å²) in [6, 6.07) is 6.94. The van der Waals surface area contributed by atoms with E-state index in [0.717, 1.165) is 26.2 Å². The third kappa shape index (κ3) is 3.64. The van der Waals surface area contributed by atoms with Crippen LogP contribution in [0, 0.1) is 11.8 Å². The zero-order chi connectivity index (χ0) is 16.4. The van der Waals surface area contributed by atoms with E-state index in [0.29, 0.717) is 23.1 Å². The Kier molecular flexibility index (Phi) is 4.52. The highest BCUT2D eigenvalue weighted by Crippen LogP contribution is 2.27. The number of benzene rings is 1. The van der Waals surface area contributed by atoms with Crippen molar-refractivity contribution in [2.45, 2.75) is 19.9 Å². The van der Waals surface area contributed by atoms with E-state index < -0.39 is 0 Å². The Bertz CT molecular complexity index is 573. The van der Waals surface area contributed by atoms with E-state index in [1.165, 1.54) is 0 Å². The number of rotatable bonds is 3. The van der Waals surface area contributed by atoms with Crippen molar-refractivity contribution in [2.75, 3.05) is 31.5 Å². The van der Waals surface area contributed by atoms with Crippen LogP contribution in [-0.4, -0.2) is 49.1 Å². The minimum absolute atomic E-state index is 0.0811. The Morgan fingerprint density at radius 1 is 1.13 bits per heavy atom. The molecule has 0 unspecified atom stereocenters. The molecular weight excluding hydrogens is 292 g/mol. The first kappa shape index (κ1) is 15.8. The molecule has 1 aromatic carbocycles. The van der Waals surface area contributed by atoms with Gasteiger partial charge in [0.2, 0.25) is 0 Å². The zero-order valence-electron chi connectivity index (χ0n) is 13.6. The molecule has 6 nitrogen and oxygen atoms in total. The Balaban J connectivity index is 1.58. The average Bonchev–Trinajstić information content (AvgIpc) is 3.07. The molecule has 0 aliphatic carbocycles. The second kappa shape index (κ2) is 6.58. The van der Waals surface area contributed by atoms with E-state index in [1.807, 2.05) is 18.7 Å². The molecule has 3 N–H and O–H groups in total. The lowest BCUT2D eigenvalue weighted by Gasteiger charge is -2.18. The van der Waals surface area contributed by atoms with Gasteiger partial charge in [-0.05, 0) is 49.9 Å². The predicted molar refractivity (Wildman–Crippen MR) is 89.5 cm³/mol. The van der Waals surface area contributed by atoms with Crippen molar-refractivity contribution in [3.8, 4) is 0 Å². The van der Waals surface area contributed by atoms with E-state index in [1.54, 1.807) is 24.3 Å². The summed E-state index contributed by atoms with van der Waals surface area (Å²) in [5.41, 5.74) is 1.36. The van der Waals surface area contributed by atoms with Gasteiger partial charge in [0.25, 0.3) is 5.91 Å². The Morgan fingerprint density at radius 2 is 1.74 bits per heavy atom. The molecule has 2 fully saturated rings. The number of nitrogens with zero attached hydrogens (tertiary/aromatic N) is 1. The number of likely N-dealkylation sites (tertiary alicyclic amines) is 1. The van der Waals surface area contributed by atoms with Gasteiger partial charge in [-0.25, -0.2) is 4.79 Å². The van der Waals surface area contributed by atoms with Crippen molar-refractivity contribution in [1.29, 1.82) is 0 Å². The molecule has 124 valence electrons. The number of fused-ring (bicyclic) bond motifs is 1. The van der Waals surface area contributed by atoms with Crippen molar-refractivity contribution in [3.05, 3.63) is 29.8 Å². The largest absolute Gasteiger partial charge is 0.338 e. The van der Waals surface area contributed by atoms with Crippen molar-refractivity contribution < 1.29 is 9.59 Å². The van der Waals surface area contributed by atoms with Gasteiger partial charge in [-0.15, -0.1) is 0 Å². The molecule has 2 atom stereocenters. The maximum atomic E-state index is 12.6. The number of amides is 3. The number of hydrogen-bond donors (Lipinski definition) is 3. The topological polar surface area (TPSA) is 73.5 Å². The van der Waals surface area contributed by atoms with Crippen LogP contribution in [0.4, 0.5) is 10.5 Å². The van der Waals surface area contributed by atoms with E-state index in [-0.39, 0.29) is 18.0 Å². The fourth-order valence-electron chi connectivity index (χ4n) is 3.33. The number of carbonyl (C=O) groups excluding carboxylic acids is 2. The van der Waals surface area contributed by atoms with Gasteiger partial charge in [0.15, 0.2) is 0 Å². The molecule has 0 aromatic heterocycles. The summed E-state index contributed by atoms with van der Waals surface area (Å²) in [5, 5.41) is 8.90. The third-order valence-electron chi connectivity index (χ3n) is 4.49. The standard InChI is InChI=1S/C17H24N4O2/c1-11(2)19-17(23)20-15-5-3-12(4-6-15)16(22)21-9-13-7-18-8-14(13)10-21/h3-6,11,13-14,18H,7-10H2,1-2H3,(H2,19,20,23)/t13-,14+. The first-order chi connectivity index (χ1) is 11.0. The average molecular weight is 316 g/mol. The van der Waals surface area contributed by atoms with Crippen LogP contribution in [0.25, 0.3) is 0 Å². The van der Waals surface area contributed by atoms with Crippen molar-refractivity contribution >= 4 is 17.6 Å². The van der Waals surface area contributed by atoms with E-state index in [4.69, 9.17) is 0 Å². The van der Waals surface area contributed by atoms with Crippen molar-refractivity contribution in [1.82, 2.24) is 15.5 Å². The van der Waals surface area contributed by atoms with Crippen molar-refractivity contribution in [2.24, 2.45) is 11.8 Å². The summed E-state index contributed by atoms with van der Waals surface area (Å²) in [7, 11) is 0. The monoisotopic (exact) mass is 316 g/mol. The molecule has 0 spiro atoms. The molecule has 0 bridgehead atoms. The van der Waals surface area contributed by atoms with Crippen LogP contribution in [-0.2, 0) is 0 Å². The van der Waals surface area contributed by atoms with Gasteiger partial charge < -0.3 is 20.9 Å². The third-order valence-corrected chi connectivity index (χ3v) is 4.49. The number of urea groups is 1. The normalized spacial score (nSPS) is 23.0. The highest BCUT2D eigenvalue weighted by atomic mass is 16.2. The Morgan fingerprint density at radius 3 is 2.30 bits per heavy atom. The van der Waals surface area contributed by atoms with E-state index >= 15 is 0 Å². The molecule has 2 aliphatic heterocycles. The van der Waals surface area contributed by atoms with Crippen molar-refractivity contribution in [3.63, 3.8) is 0 Å². The Hall–Kier alpha value is -2.08. The van der Waals surface area contributed by atoms with Crippen LogP contribution in [0.1, 0.15) is 24.2 Å². The lowest BCUT2D eigenvalue weighted by molar-refractivity contribution is 0.0781. The number of carbonyl (C=O) groups is 2. The lowest BCUT2D eigenvalue weighted by Crippen LogP contribution is -2.34. The SMILES string of the molecule is CC(C)NC(=O)Nc1ccc(C(=O)N2C[C@H]3CNC[C@H]3C2)cc1. The summed E-state index contributed by atoms with van der Waals surface area (Å²) >= 11 is 0. The number of anilines is 1. The summed E-state index contributed by atoms with van der Waals surface area (Å²) in [5.74, 6) is 1.27. The first-order valence-corrected chi connectivity index (χ1v) is 8.20. The van der Waals surface area contributed by atoms with Gasteiger partial charge in [-0.1, -0.05) is 0 Å². The van der Waals surface area contributed by atoms with Gasteiger partial charge in [0.05, 0.1) is 0 Å². The fraction of sp³-hybridized carbons (Fsp3) is 0.529. The van der Waals surface area contributed by atoms with Crippen LogP contribution < -0.4 is 16.0 Å². The smallest absolute Gasteiger partial charge is 0.319 e. The lowest BCUT2D eigenvalue weighted by atomic mass is 10.0. The summed E-state index contributed by atoms with van der Waals surface area (Å²) in [6.45, 7) is 7.52. The molecule has 0 radical (unpaired) electrons. The van der Waals surface area contributed by atoms with Gasteiger partial charge in [-0.2, -0.15) is 0 Å². The molecule has 2 aliphatic rings. The molecular formula is C17H24N4O2. The van der Waals surface area contributed by atoms with Crippen LogP contribution in [0.2, 0.25) is 0 Å². The molecule has 1 aromatic rings. The highest BCUT2D eigenvalue weighted by Gasteiger charge is 2.38. The van der Waals surface area contributed by atoms with Gasteiger partial charge in [0, 0.05) is 43.5 Å².